The summed E-state index contributed by atoms with van der Waals surface area (Å²) in [7, 11) is 0. The van der Waals surface area contributed by atoms with E-state index in [-0.39, 0.29) is 34.1 Å². The molecule has 10 heteroatoms. The number of ether oxygens (including phenoxy) is 1. The lowest BCUT2D eigenvalue weighted by atomic mass is 10.1. The zero-order valence-electron chi connectivity index (χ0n) is 14.2. The number of rotatable bonds is 3. The molecule has 5 nitrogen and oxygen atoms in total. The van der Waals surface area contributed by atoms with Crippen molar-refractivity contribution in [3.05, 3.63) is 58.1 Å². The summed E-state index contributed by atoms with van der Waals surface area (Å²) in [5, 5.41) is 7.47. The van der Waals surface area contributed by atoms with Gasteiger partial charge in [-0.15, -0.1) is 0 Å². The van der Waals surface area contributed by atoms with Crippen LogP contribution in [0.15, 0.2) is 36.4 Å². The molecule has 0 saturated heterocycles. The van der Waals surface area contributed by atoms with Crippen molar-refractivity contribution in [2.24, 2.45) is 0 Å². The summed E-state index contributed by atoms with van der Waals surface area (Å²) in [5.41, 5.74) is -1.03. The van der Waals surface area contributed by atoms with E-state index in [2.05, 4.69) is 0 Å². The Morgan fingerprint density at radius 3 is 2.57 bits per heavy atom. The number of benzene rings is 2. The maximum absolute atomic E-state index is 13.0. The van der Waals surface area contributed by atoms with E-state index >= 15 is 0 Å². The van der Waals surface area contributed by atoms with Crippen LogP contribution in [0.5, 0.6) is 5.75 Å². The van der Waals surface area contributed by atoms with Crippen LogP contribution in [0.1, 0.15) is 28.4 Å². The maximum Gasteiger partial charge on any atom is 0.416 e. The third-order valence-corrected chi connectivity index (χ3v) is 4.53. The van der Waals surface area contributed by atoms with Crippen LogP contribution in [0.4, 0.5) is 18.9 Å². The topological polar surface area (TPSA) is 66.8 Å². The molecule has 1 aliphatic rings. The number of fused-ring (bicyclic) bond motifs is 1. The first-order valence-electron chi connectivity index (χ1n) is 7.83. The van der Waals surface area contributed by atoms with Gasteiger partial charge in [-0.05, 0) is 36.8 Å². The molecule has 3 rings (SSSR count). The molecule has 1 heterocycles. The highest BCUT2D eigenvalue weighted by atomic mass is 35.5. The molecule has 0 saturated carbocycles. The number of carboxylic acid groups (broad SMARTS) is 1. The minimum Gasteiger partial charge on any atom is -0.478 e. The number of aromatic carboxylic acids is 1. The molecular weight excluding hydrogens is 422 g/mol. The summed E-state index contributed by atoms with van der Waals surface area (Å²) in [6, 6.07) is 6.85. The normalized spacial score (nSPS) is 19.2. The summed E-state index contributed by atoms with van der Waals surface area (Å²) in [4.78, 5) is 25.3. The molecule has 0 spiro atoms. The van der Waals surface area contributed by atoms with Crippen LogP contribution in [0.2, 0.25) is 5.02 Å². The number of carbonyl (C=O) groups excluding carboxylic acids is 1. The third-order valence-electron chi connectivity index (χ3n) is 4.07. The molecule has 2 aromatic carbocycles. The van der Waals surface area contributed by atoms with Crippen molar-refractivity contribution >= 4 is 40.8 Å². The predicted molar refractivity (Wildman–Crippen MR) is 95.9 cm³/mol. The Bertz CT molecular complexity index is 976. The van der Waals surface area contributed by atoms with Crippen molar-refractivity contribution < 1.29 is 32.6 Å². The summed E-state index contributed by atoms with van der Waals surface area (Å²) < 4.78 is 44.3. The Hall–Kier alpha value is -2.45. The monoisotopic (exact) mass is 433 g/mol. The quantitative estimate of drug-likeness (QED) is 0.696. The van der Waals surface area contributed by atoms with Gasteiger partial charge in [0.15, 0.2) is 5.75 Å². The van der Waals surface area contributed by atoms with Gasteiger partial charge in [0.25, 0.3) is 11.0 Å². The number of carboxylic acids is 1. The Kier molecular flexibility index (Phi) is 4.97. The van der Waals surface area contributed by atoms with Crippen LogP contribution in [-0.2, 0) is 17.5 Å². The molecule has 1 N–H and O–H groups in total. The first-order chi connectivity index (χ1) is 12.9. The van der Waals surface area contributed by atoms with E-state index in [1.165, 1.54) is 25.1 Å². The van der Waals surface area contributed by atoms with E-state index < -0.39 is 28.7 Å². The predicted octanol–water partition coefficient (Wildman–Crippen LogP) is 4.94. The molecule has 0 fully saturated rings. The first kappa shape index (κ1) is 20.3. The number of nitrogens with zero attached hydrogens (tertiary/aromatic N) is 1. The second kappa shape index (κ2) is 6.86. The molecule has 28 heavy (non-hydrogen) atoms. The average Bonchev–Trinajstić information content (AvgIpc) is 2.58. The van der Waals surface area contributed by atoms with Gasteiger partial charge in [-0.1, -0.05) is 35.3 Å². The van der Waals surface area contributed by atoms with Gasteiger partial charge in [-0.2, -0.15) is 13.2 Å². The second-order valence-electron chi connectivity index (χ2n) is 6.22. The number of anilines is 1. The minimum atomic E-state index is -4.55. The summed E-state index contributed by atoms with van der Waals surface area (Å²) in [6.07, 6.45) is -4.55. The fraction of sp³-hybridized carbons (Fsp3) is 0.222. The van der Waals surface area contributed by atoms with Crippen molar-refractivity contribution in [2.75, 3.05) is 4.90 Å². The average molecular weight is 434 g/mol. The second-order valence-corrected chi connectivity index (χ2v) is 7.37. The highest BCUT2D eigenvalue weighted by Crippen LogP contribution is 2.44. The lowest BCUT2D eigenvalue weighted by Gasteiger charge is -2.38. The molecule has 1 amide bonds. The fourth-order valence-corrected chi connectivity index (χ4v) is 3.21. The summed E-state index contributed by atoms with van der Waals surface area (Å²) >= 11 is 12.1. The van der Waals surface area contributed by atoms with Gasteiger partial charge in [0, 0.05) is 5.02 Å². The maximum atomic E-state index is 13.0. The lowest BCUT2D eigenvalue weighted by molar-refractivity contribution is -0.137. The van der Waals surface area contributed by atoms with Gasteiger partial charge in [-0.3, -0.25) is 9.69 Å². The molecule has 0 aliphatic carbocycles. The van der Waals surface area contributed by atoms with Crippen molar-refractivity contribution in [3.8, 4) is 5.75 Å². The van der Waals surface area contributed by atoms with Crippen molar-refractivity contribution in [2.45, 2.75) is 24.7 Å². The lowest BCUT2D eigenvalue weighted by Crippen LogP contribution is -2.51. The zero-order chi connectivity index (χ0) is 20.9. The number of hydrogen-bond donors (Lipinski definition) is 1. The first-order valence-corrected chi connectivity index (χ1v) is 8.58. The molecule has 1 atom stereocenters. The van der Waals surface area contributed by atoms with E-state index in [4.69, 9.17) is 27.9 Å². The summed E-state index contributed by atoms with van der Waals surface area (Å²) in [5.74, 6) is -2.32. The van der Waals surface area contributed by atoms with Gasteiger partial charge in [0.1, 0.15) is 5.56 Å². The van der Waals surface area contributed by atoms with E-state index in [1.54, 1.807) is 0 Å². The molecule has 0 radical (unpaired) electrons. The van der Waals surface area contributed by atoms with Gasteiger partial charge < -0.3 is 9.84 Å². The highest BCUT2D eigenvalue weighted by molar-refractivity contribution is 6.37. The van der Waals surface area contributed by atoms with Crippen LogP contribution in [0.25, 0.3) is 0 Å². The molecule has 1 unspecified atom stereocenters. The van der Waals surface area contributed by atoms with Gasteiger partial charge >= 0.3 is 12.1 Å². The Balaban J connectivity index is 2.12. The molecule has 2 aromatic rings. The van der Waals surface area contributed by atoms with Crippen LogP contribution in [-0.4, -0.2) is 22.0 Å². The van der Waals surface area contributed by atoms with Crippen LogP contribution in [0, 0.1) is 0 Å². The minimum absolute atomic E-state index is 0.00503. The van der Waals surface area contributed by atoms with Crippen molar-refractivity contribution in [1.82, 2.24) is 0 Å². The molecule has 1 aliphatic heterocycles. The van der Waals surface area contributed by atoms with E-state index in [9.17, 15) is 27.9 Å². The van der Waals surface area contributed by atoms with Gasteiger partial charge in [-0.25, -0.2) is 4.79 Å². The number of amides is 1. The van der Waals surface area contributed by atoms with Crippen LogP contribution < -0.4 is 9.64 Å². The zero-order valence-corrected chi connectivity index (χ0v) is 15.7. The Labute approximate surface area is 167 Å². The SMILES string of the molecule is CC1(Cl)Oc2c(C(=O)O)cc(Cl)cc2N(Cc2cccc(C(F)(F)F)c2)C1=O. The standard InChI is InChI=1S/C18H12Cl2F3NO4/c1-17(20)16(27)24(8-9-3-2-4-10(5-9)18(21,22)23)13-7-11(19)6-12(15(25)26)14(13)28-17/h2-7H,8H2,1H3,(H,25,26). The molecular formula is C18H12Cl2F3NO4. The molecule has 0 bridgehead atoms. The summed E-state index contributed by atoms with van der Waals surface area (Å²) in [6.45, 7) is 0.931. The largest absolute Gasteiger partial charge is 0.478 e. The smallest absolute Gasteiger partial charge is 0.416 e. The molecule has 0 aromatic heterocycles. The van der Waals surface area contributed by atoms with Crippen LogP contribution in [0.3, 0.4) is 0 Å². The van der Waals surface area contributed by atoms with Crippen molar-refractivity contribution in [3.63, 3.8) is 0 Å². The third kappa shape index (κ3) is 3.74. The van der Waals surface area contributed by atoms with Crippen LogP contribution >= 0.6 is 23.2 Å². The van der Waals surface area contributed by atoms with Gasteiger partial charge in [0.2, 0.25) is 0 Å². The van der Waals surface area contributed by atoms with E-state index in [0.717, 1.165) is 23.1 Å². The number of carbonyl (C=O) groups is 2. The van der Waals surface area contributed by atoms with E-state index in [1.807, 2.05) is 0 Å². The fourth-order valence-electron chi connectivity index (χ4n) is 2.82. The van der Waals surface area contributed by atoms with E-state index in [0.29, 0.717) is 0 Å². The number of halogens is 5. The Morgan fingerprint density at radius 1 is 1.29 bits per heavy atom. The molecule has 148 valence electrons. The number of hydrogen-bond acceptors (Lipinski definition) is 3. The highest BCUT2D eigenvalue weighted by Gasteiger charge is 2.45. The number of alkyl halides is 4. The van der Waals surface area contributed by atoms with Crippen molar-refractivity contribution in [1.29, 1.82) is 0 Å². The Morgan fingerprint density at radius 2 is 1.96 bits per heavy atom. The van der Waals surface area contributed by atoms with Gasteiger partial charge in [0.05, 0.1) is 17.8 Å².